The molecule has 117 valence electrons. The smallest absolute Gasteiger partial charge is 0.338 e. The van der Waals surface area contributed by atoms with E-state index in [1.54, 1.807) is 6.08 Å². The van der Waals surface area contributed by atoms with Crippen LogP contribution in [0.2, 0.25) is 0 Å². The van der Waals surface area contributed by atoms with Crippen molar-refractivity contribution in [1.82, 2.24) is 0 Å². The number of benzene rings is 1. The third kappa shape index (κ3) is 3.73. The fourth-order valence-electron chi connectivity index (χ4n) is 3.67. The zero-order valence-electron chi connectivity index (χ0n) is 13.8. The number of hydrogen-bond acceptors (Lipinski definition) is 3. The Balaban J connectivity index is 0.00000192. The molecule has 1 unspecified atom stereocenters. The van der Waals surface area contributed by atoms with E-state index in [0.29, 0.717) is 12.0 Å². The van der Waals surface area contributed by atoms with Gasteiger partial charge >= 0.3 is 5.97 Å². The number of carbonyl (C=O) groups excluding carboxylic acids is 1. The number of hydrogen-bond donors (Lipinski definition) is 1. The van der Waals surface area contributed by atoms with E-state index in [1.165, 1.54) is 6.42 Å². The van der Waals surface area contributed by atoms with Crippen molar-refractivity contribution in [2.45, 2.75) is 50.0 Å². The van der Waals surface area contributed by atoms with Crippen molar-refractivity contribution in [2.75, 3.05) is 0 Å². The summed E-state index contributed by atoms with van der Waals surface area (Å²) in [6, 6.07) is 9.63. The van der Waals surface area contributed by atoms with Gasteiger partial charge in [0.2, 0.25) is 0 Å². The van der Waals surface area contributed by atoms with Gasteiger partial charge in [-0.3, -0.25) is 0 Å². The fraction of sp³-hybridized carbons (Fsp3) is 0.421. The average molecular weight is 321 g/mol. The minimum absolute atomic E-state index is 0. The van der Waals surface area contributed by atoms with Crippen molar-refractivity contribution >= 4 is 35.5 Å². The third-order valence-electron chi connectivity index (χ3n) is 4.80. The van der Waals surface area contributed by atoms with E-state index in [0.717, 1.165) is 31.2 Å². The number of esters is 1. The molecular formula is C19H22NaO3. The van der Waals surface area contributed by atoms with Crippen LogP contribution < -0.4 is 0 Å². The number of aliphatic hydroxyl groups excluding tert-OH is 1. The van der Waals surface area contributed by atoms with Crippen molar-refractivity contribution in [1.29, 1.82) is 0 Å². The average Bonchev–Trinajstić information content (AvgIpc) is 2.52. The molecule has 0 bridgehead atoms. The molecule has 1 radical (unpaired) electrons. The standard InChI is InChI=1S/C19H22O3.Na/c1-2-15(14-9-5-3-6-10-14)17-16(20)13-19(22-18(17)21)11-7-4-8-12-19;/h2-3,5-6,9-10,15,20H,1,4,7-8,11-13H2;. The molecule has 3 nitrogen and oxygen atoms in total. The maximum Gasteiger partial charge on any atom is 0.338 e. The van der Waals surface area contributed by atoms with Crippen LogP contribution in [0.25, 0.3) is 0 Å². The summed E-state index contributed by atoms with van der Waals surface area (Å²) in [4.78, 5) is 12.6. The normalized spacial score (nSPS) is 21.3. The number of carbonyl (C=O) groups is 1. The van der Waals surface area contributed by atoms with Gasteiger partial charge in [0.25, 0.3) is 0 Å². The van der Waals surface area contributed by atoms with E-state index in [9.17, 15) is 9.90 Å². The molecule has 1 aliphatic heterocycles. The summed E-state index contributed by atoms with van der Waals surface area (Å²) in [5.74, 6) is -0.541. The predicted octanol–water partition coefficient (Wildman–Crippen LogP) is 4.04. The van der Waals surface area contributed by atoms with Gasteiger partial charge in [-0.2, -0.15) is 0 Å². The monoisotopic (exact) mass is 321 g/mol. The second-order valence-corrected chi connectivity index (χ2v) is 6.29. The first kappa shape index (κ1) is 18.3. The van der Waals surface area contributed by atoms with Crippen LogP contribution >= 0.6 is 0 Å². The molecule has 1 atom stereocenters. The molecule has 1 spiro atoms. The van der Waals surface area contributed by atoms with Gasteiger partial charge in [-0.15, -0.1) is 6.58 Å². The van der Waals surface area contributed by atoms with Crippen LogP contribution in [0.3, 0.4) is 0 Å². The Hall–Kier alpha value is -1.03. The molecule has 1 N–H and O–H groups in total. The molecule has 2 aliphatic rings. The molecule has 1 heterocycles. The summed E-state index contributed by atoms with van der Waals surface area (Å²) in [6.45, 7) is 3.83. The first-order chi connectivity index (χ1) is 10.7. The van der Waals surface area contributed by atoms with Crippen LogP contribution in [0.4, 0.5) is 0 Å². The molecule has 1 aliphatic carbocycles. The van der Waals surface area contributed by atoms with Crippen molar-refractivity contribution < 1.29 is 14.6 Å². The molecule has 1 saturated carbocycles. The Morgan fingerprint density at radius 3 is 2.39 bits per heavy atom. The van der Waals surface area contributed by atoms with Crippen LogP contribution in [0.15, 0.2) is 54.3 Å². The minimum atomic E-state index is -0.481. The molecule has 1 aromatic rings. The summed E-state index contributed by atoms with van der Waals surface area (Å²) in [5, 5.41) is 10.6. The van der Waals surface area contributed by atoms with Crippen LogP contribution in [0.5, 0.6) is 0 Å². The van der Waals surface area contributed by atoms with Gasteiger partial charge in [0.1, 0.15) is 11.4 Å². The van der Waals surface area contributed by atoms with Gasteiger partial charge in [-0.25, -0.2) is 4.79 Å². The van der Waals surface area contributed by atoms with Crippen LogP contribution in [0, 0.1) is 0 Å². The van der Waals surface area contributed by atoms with Gasteiger partial charge < -0.3 is 9.84 Å². The van der Waals surface area contributed by atoms with Crippen molar-refractivity contribution in [3.8, 4) is 0 Å². The van der Waals surface area contributed by atoms with E-state index in [-0.39, 0.29) is 47.2 Å². The Morgan fingerprint density at radius 2 is 1.83 bits per heavy atom. The molecule has 23 heavy (non-hydrogen) atoms. The molecule has 3 rings (SSSR count). The molecular weight excluding hydrogens is 299 g/mol. The third-order valence-corrected chi connectivity index (χ3v) is 4.80. The second-order valence-electron chi connectivity index (χ2n) is 6.29. The predicted molar refractivity (Wildman–Crippen MR) is 91.3 cm³/mol. The largest absolute Gasteiger partial charge is 0.512 e. The molecule has 1 fully saturated rings. The van der Waals surface area contributed by atoms with Crippen LogP contribution in [-0.4, -0.2) is 46.2 Å². The number of allylic oxidation sites excluding steroid dienone is 1. The SMILES string of the molecule is C=CC(C1=C(O)CC2(CCCCC2)OC1=O)c1ccccc1.[Na]. The van der Waals surface area contributed by atoms with Crippen LogP contribution in [0.1, 0.15) is 50.0 Å². The molecule has 0 saturated heterocycles. The molecule has 0 amide bonds. The summed E-state index contributed by atoms with van der Waals surface area (Å²) in [5.41, 5.74) is 0.804. The molecule has 0 aromatic heterocycles. The maximum atomic E-state index is 12.6. The zero-order valence-corrected chi connectivity index (χ0v) is 15.8. The van der Waals surface area contributed by atoms with Gasteiger partial charge in [0.15, 0.2) is 0 Å². The number of aliphatic hydroxyl groups is 1. The topological polar surface area (TPSA) is 46.5 Å². The van der Waals surface area contributed by atoms with Crippen molar-refractivity contribution in [3.05, 3.63) is 59.9 Å². The molecule has 1 aromatic carbocycles. The Morgan fingerprint density at radius 1 is 1.17 bits per heavy atom. The number of rotatable bonds is 3. The molecule has 4 heteroatoms. The van der Waals surface area contributed by atoms with Crippen molar-refractivity contribution in [3.63, 3.8) is 0 Å². The van der Waals surface area contributed by atoms with Crippen molar-refractivity contribution in [2.24, 2.45) is 0 Å². The number of ether oxygens (including phenoxy) is 1. The minimum Gasteiger partial charge on any atom is -0.512 e. The van der Waals surface area contributed by atoms with Gasteiger partial charge in [0.05, 0.1) is 5.57 Å². The van der Waals surface area contributed by atoms with E-state index in [4.69, 9.17) is 4.74 Å². The second kappa shape index (κ2) is 7.69. The summed E-state index contributed by atoms with van der Waals surface area (Å²) >= 11 is 0. The first-order valence-electron chi connectivity index (χ1n) is 7.98. The van der Waals surface area contributed by atoms with Gasteiger partial charge in [0, 0.05) is 41.9 Å². The Bertz CT molecular complexity index is 600. The Kier molecular flexibility index (Phi) is 6.12. The van der Waals surface area contributed by atoms with Gasteiger partial charge in [-0.1, -0.05) is 42.8 Å². The summed E-state index contributed by atoms with van der Waals surface area (Å²) in [7, 11) is 0. The maximum absolute atomic E-state index is 12.6. The van der Waals surface area contributed by atoms with Crippen LogP contribution in [-0.2, 0) is 9.53 Å². The van der Waals surface area contributed by atoms with E-state index in [1.807, 2.05) is 30.3 Å². The quantitative estimate of drug-likeness (QED) is 0.519. The fourth-order valence-corrected chi connectivity index (χ4v) is 3.67. The van der Waals surface area contributed by atoms with E-state index >= 15 is 0 Å². The van der Waals surface area contributed by atoms with Gasteiger partial charge in [-0.05, 0) is 31.2 Å². The van der Waals surface area contributed by atoms with E-state index < -0.39 is 5.60 Å². The van der Waals surface area contributed by atoms with E-state index in [2.05, 4.69) is 6.58 Å². The summed E-state index contributed by atoms with van der Waals surface area (Å²) < 4.78 is 5.80. The zero-order chi connectivity index (χ0) is 15.6. The summed E-state index contributed by atoms with van der Waals surface area (Å²) in [6.07, 6.45) is 7.11. The Labute approximate surface area is 159 Å². The first-order valence-corrected chi connectivity index (χ1v) is 7.98.